The quantitative estimate of drug-likeness (QED) is 0.774. The summed E-state index contributed by atoms with van der Waals surface area (Å²) in [5.41, 5.74) is 0.527. The molecule has 11 heteroatoms. The number of hydrogen-bond donors (Lipinski definition) is 2. The summed E-state index contributed by atoms with van der Waals surface area (Å²) in [6, 6.07) is 2.71. The van der Waals surface area contributed by atoms with Gasteiger partial charge in [-0.3, -0.25) is 5.10 Å². The molecule has 0 saturated carbocycles. The normalized spacial score (nSPS) is 19.7. The van der Waals surface area contributed by atoms with E-state index in [9.17, 15) is 12.8 Å². The number of nitrogens with one attached hydrogen (secondary N) is 2. The number of anilines is 2. The number of H-pyrrole nitrogens is 1. The predicted molar refractivity (Wildman–Crippen MR) is 79.0 cm³/mol. The van der Waals surface area contributed by atoms with Crippen LogP contribution in [-0.4, -0.2) is 58.8 Å². The Balaban J connectivity index is 1.70. The van der Waals surface area contributed by atoms with Crippen molar-refractivity contribution in [2.45, 2.75) is 6.10 Å². The lowest BCUT2D eigenvalue weighted by Crippen LogP contribution is -2.41. The number of hydrogen-bond acceptors (Lipinski definition) is 7. The van der Waals surface area contributed by atoms with Crippen LogP contribution in [0.25, 0.3) is 0 Å². The van der Waals surface area contributed by atoms with Gasteiger partial charge in [-0.15, -0.1) is 5.10 Å². The van der Waals surface area contributed by atoms with E-state index >= 15 is 0 Å². The Hall–Kier alpha value is -2.11. The fourth-order valence-corrected chi connectivity index (χ4v) is 2.96. The molecule has 0 aliphatic carbocycles. The molecule has 0 amide bonds. The third-order valence-electron chi connectivity index (χ3n) is 3.29. The van der Waals surface area contributed by atoms with Crippen molar-refractivity contribution in [3.8, 4) is 0 Å². The molecular formula is C12H15FN6O3S. The van der Waals surface area contributed by atoms with Gasteiger partial charge in [0.1, 0.15) is 6.10 Å². The van der Waals surface area contributed by atoms with Crippen molar-refractivity contribution in [1.82, 2.24) is 24.5 Å². The molecule has 0 bridgehead atoms. The van der Waals surface area contributed by atoms with Crippen LogP contribution >= 0.6 is 0 Å². The van der Waals surface area contributed by atoms with Crippen LogP contribution in [-0.2, 0) is 14.8 Å². The maximum atomic E-state index is 12.8. The van der Waals surface area contributed by atoms with E-state index in [1.807, 2.05) is 0 Å². The zero-order valence-corrected chi connectivity index (χ0v) is 13.0. The molecule has 1 unspecified atom stereocenters. The Morgan fingerprint density at radius 1 is 1.48 bits per heavy atom. The molecule has 0 aromatic carbocycles. The molecule has 3 rings (SSSR count). The van der Waals surface area contributed by atoms with E-state index < -0.39 is 22.1 Å². The van der Waals surface area contributed by atoms with Crippen molar-refractivity contribution >= 4 is 21.7 Å². The summed E-state index contributed by atoms with van der Waals surface area (Å²) in [5, 5.41) is 9.56. The van der Waals surface area contributed by atoms with Crippen LogP contribution < -0.4 is 5.32 Å². The summed E-state index contributed by atoms with van der Waals surface area (Å²) in [4.78, 5) is 7.74. The highest BCUT2D eigenvalue weighted by Gasteiger charge is 2.29. The summed E-state index contributed by atoms with van der Waals surface area (Å²) in [7, 11) is -3.28. The van der Waals surface area contributed by atoms with E-state index in [0.29, 0.717) is 18.1 Å². The highest BCUT2D eigenvalue weighted by atomic mass is 32.2. The molecule has 2 aromatic rings. The second-order valence-corrected chi connectivity index (χ2v) is 7.00. The molecule has 0 radical (unpaired) electrons. The number of aromatic amines is 1. The molecule has 1 saturated heterocycles. The number of ether oxygens (including phenoxy) is 1. The van der Waals surface area contributed by atoms with Gasteiger partial charge in [-0.1, -0.05) is 0 Å². The number of sulfonamides is 1. The van der Waals surface area contributed by atoms with E-state index in [4.69, 9.17) is 4.74 Å². The molecule has 124 valence electrons. The average Bonchev–Trinajstić information content (AvgIpc) is 2.97. The third-order valence-corrected chi connectivity index (χ3v) is 4.56. The standard InChI is InChI=1S/C12H15FN6O3S/c1-23(20,21)19-4-5-22-9(7-19)11-16-12(18-17-11)15-8-2-3-10(13)14-6-8/h2-3,6,9H,4-5,7H2,1H3,(H2,15,16,17,18). The Labute approximate surface area is 131 Å². The first-order valence-corrected chi connectivity index (χ1v) is 8.64. The molecule has 1 aliphatic rings. The van der Waals surface area contributed by atoms with Gasteiger partial charge in [-0.05, 0) is 12.1 Å². The molecule has 1 aliphatic heterocycles. The van der Waals surface area contributed by atoms with Gasteiger partial charge in [0, 0.05) is 13.1 Å². The van der Waals surface area contributed by atoms with Crippen LogP contribution in [0.2, 0.25) is 0 Å². The van der Waals surface area contributed by atoms with Gasteiger partial charge in [-0.2, -0.15) is 13.7 Å². The van der Waals surface area contributed by atoms with Gasteiger partial charge in [-0.25, -0.2) is 13.4 Å². The topological polar surface area (TPSA) is 113 Å². The summed E-state index contributed by atoms with van der Waals surface area (Å²) < 4.78 is 42.9. The van der Waals surface area contributed by atoms with Gasteiger partial charge in [0.2, 0.25) is 21.9 Å². The Kier molecular flexibility index (Phi) is 4.24. The molecule has 1 fully saturated rings. The number of pyridine rings is 1. The van der Waals surface area contributed by atoms with Crippen LogP contribution in [0.4, 0.5) is 16.0 Å². The fraction of sp³-hybridized carbons (Fsp3) is 0.417. The average molecular weight is 342 g/mol. The van der Waals surface area contributed by atoms with Gasteiger partial charge in [0.05, 0.1) is 24.7 Å². The minimum atomic E-state index is -3.28. The highest BCUT2D eigenvalue weighted by molar-refractivity contribution is 7.88. The first kappa shape index (κ1) is 15.8. The summed E-state index contributed by atoms with van der Waals surface area (Å²) in [6.07, 6.45) is 1.95. The number of rotatable bonds is 4. The summed E-state index contributed by atoms with van der Waals surface area (Å²) in [6.45, 7) is 0.768. The number of halogens is 1. The van der Waals surface area contributed by atoms with E-state index in [-0.39, 0.29) is 19.1 Å². The summed E-state index contributed by atoms with van der Waals surface area (Å²) >= 11 is 0. The zero-order chi connectivity index (χ0) is 16.4. The Morgan fingerprint density at radius 2 is 2.30 bits per heavy atom. The molecule has 9 nitrogen and oxygen atoms in total. The lowest BCUT2D eigenvalue weighted by atomic mass is 10.3. The number of morpholine rings is 1. The third kappa shape index (κ3) is 3.81. The lowest BCUT2D eigenvalue weighted by Gasteiger charge is -2.29. The molecule has 23 heavy (non-hydrogen) atoms. The van der Waals surface area contributed by atoms with Gasteiger partial charge < -0.3 is 10.1 Å². The Morgan fingerprint density at radius 3 is 3.00 bits per heavy atom. The van der Waals surface area contributed by atoms with Gasteiger partial charge in [0.25, 0.3) is 0 Å². The highest BCUT2D eigenvalue weighted by Crippen LogP contribution is 2.22. The van der Waals surface area contributed by atoms with E-state index in [1.165, 1.54) is 22.6 Å². The number of nitrogens with zero attached hydrogens (tertiary/aromatic N) is 4. The first-order valence-electron chi connectivity index (χ1n) is 6.79. The maximum absolute atomic E-state index is 12.8. The van der Waals surface area contributed by atoms with E-state index in [1.54, 1.807) is 0 Å². The van der Waals surface area contributed by atoms with Crippen molar-refractivity contribution in [2.75, 3.05) is 31.3 Å². The smallest absolute Gasteiger partial charge is 0.246 e. The Bertz CT molecular complexity index is 778. The predicted octanol–water partition coefficient (Wildman–Crippen LogP) is 0.415. The van der Waals surface area contributed by atoms with Crippen molar-refractivity contribution in [1.29, 1.82) is 0 Å². The summed E-state index contributed by atoms with van der Waals surface area (Å²) in [5.74, 6) is 0.0899. The first-order chi connectivity index (χ1) is 10.9. The van der Waals surface area contributed by atoms with Crippen molar-refractivity contribution in [3.05, 3.63) is 30.1 Å². The fourth-order valence-electron chi connectivity index (χ4n) is 2.15. The van der Waals surface area contributed by atoms with Crippen molar-refractivity contribution < 1.29 is 17.5 Å². The maximum Gasteiger partial charge on any atom is 0.246 e. The van der Waals surface area contributed by atoms with Crippen LogP contribution in [0.1, 0.15) is 11.9 Å². The minimum absolute atomic E-state index is 0.172. The lowest BCUT2D eigenvalue weighted by molar-refractivity contribution is -0.00709. The largest absolute Gasteiger partial charge is 0.367 e. The molecule has 1 atom stereocenters. The van der Waals surface area contributed by atoms with Crippen molar-refractivity contribution in [3.63, 3.8) is 0 Å². The molecule has 2 N–H and O–H groups in total. The van der Waals surface area contributed by atoms with E-state index in [2.05, 4.69) is 25.5 Å². The number of aromatic nitrogens is 4. The molecule has 2 aromatic heterocycles. The second kappa shape index (κ2) is 6.18. The van der Waals surface area contributed by atoms with Crippen LogP contribution in [0.15, 0.2) is 18.3 Å². The van der Waals surface area contributed by atoms with Gasteiger partial charge in [0.15, 0.2) is 5.82 Å². The van der Waals surface area contributed by atoms with Crippen LogP contribution in [0.5, 0.6) is 0 Å². The van der Waals surface area contributed by atoms with Crippen LogP contribution in [0, 0.1) is 5.95 Å². The SMILES string of the molecule is CS(=O)(=O)N1CCOC(c2nc(Nc3ccc(F)nc3)n[nH]2)C1. The van der Waals surface area contributed by atoms with Gasteiger partial charge >= 0.3 is 0 Å². The zero-order valence-electron chi connectivity index (χ0n) is 12.2. The monoisotopic (exact) mass is 342 g/mol. The van der Waals surface area contributed by atoms with E-state index in [0.717, 1.165) is 6.26 Å². The second-order valence-electron chi connectivity index (χ2n) is 5.02. The molecular weight excluding hydrogens is 327 g/mol. The molecule has 0 spiro atoms. The van der Waals surface area contributed by atoms with Crippen molar-refractivity contribution in [2.24, 2.45) is 0 Å². The van der Waals surface area contributed by atoms with Crippen LogP contribution in [0.3, 0.4) is 0 Å². The molecule has 3 heterocycles. The minimum Gasteiger partial charge on any atom is -0.367 e.